The quantitative estimate of drug-likeness (QED) is 0.173. The molecule has 2 heterocycles. The first kappa shape index (κ1) is 29.4. The van der Waals surface area contributed by atoms with Gasteiger partial charge in [-0.3, -0.25) is 0 Å². The Bertz CT molecular complexity index is 3450. The molecule has 54 heavy (non-hydrogen) atoms. The molecule has 10 aromatic carbocycles. The van der Waals surface area contributed by atoms with E-state index in [1.54, 1.807) is 0 Å². The molecule has 0 fully saturated rings. The van der Waals surface area contributed by atoms with Gasteiger partial charge in [-0.1, -0.05) is 146 Å². The number of benzene rings is 10. The fraction of sp³-hybridized carbons (Fsp3) is 0. The van der Waals surface area contributed by atoms with Crippen molar-refractivity contribution in [2.75, 3.05) is 0 Å². The number of furan rings is 2. The monoisotopic (exact) mass is 686 g/mol. The van der Waals surface area contributed by atoms with Gasteiger partial charge in [-0.25, -0.2) is 0 Å². The predicted molar refractivity (Wildman–Crippen MR) is 227 cm³/mol. The van der Waals surface area contributed by atoms with Crippen molar-refractivity contribution in [1.82, 2.24) is 0 Å². The number of para-hydroxylation sites is 2. The zero-order chi connectivity index (χ0) is 35.3. The van der Waals surface area contributed by atoms with Crippen molar-refractivity contribution in [3.05, 3.63) is 182 Å². The second-order valence-corrected chi connectivity index (χ2v) is 14.4. The Hall–Kier alpha value is -7.16. The first-order valence-corrected chi connectivity index (χ1v) is 18.5. The number of hydrogen-bond acceptors (Lipinski definition) is 2. The van der Waals surface area contributed by atoms with Gasteiger partial charge < -0.3 is 8.83 Å². The first-order valence-electron chi connectivity index (χ1n) is 18.5. The highest BCUT2D eigenvalue weighted by Crippen LogP contribution is 2.49. The van der Waals surface area contributed by atoms with Crippen LogP contribution < -0.4 is 0 Å². The zero-order valence-corrected chi connectivity index (χ0v) is 29.1. The maximum atomic E-state index is 6.81. The van der Waals surface area contributed by atoms with Crippen molar-refractivity contribution < 1.29 is 8.83 Å². The Morgan fingerprint density at radius 1 is 0.278 bits per heavy atom. The molecular formula is C52H30O2. The van der Waals surface area contributed by atoms with E-state index in [1.165, 1.54) is 70.9 Å². The van der Waals surface area contributed by atoms with Crippen LogP contribution in [-0.2, 0) is 0 Å². The third-order valence-corrected chi connectivity index (χ3v) is 11.4. The number of fused-ring (bicyclic) bond motifs is 11. The highest BCUT2D eigenvalue weighted by atomic mass is 16.3. The average molecular weight is 687 g/mol. The molecular weight excluding hydrogens is 657 g/mol. The average Bonchev–Trinajstić information content (AvgIpc) is 3.81. The molecule has 12 rings (SSSR count). The van der Waals surface area contributed by atoms with Gasteiger partial charge in [-0.15, -0.1) is 0 Å². The van der Waals surface area contributed by atoms with Crippen molar-refractivity contribution in [3.8, 4) is 33.4 Å². The third kappa shape index (κ3) is 4.22. The van der Waals surface area contributed by atoms with Crippen molar-refractivity contribution >= 4 is 87.0 Å². The smallest absolute Gasteiger partial charge is 0.147 e. The Labute approximate surface area is 310 Å². The lowest BCUT2D eigenvalue weighted by Crippen LogP contribution is -1.91. The summed E-state index contributed by atoms with van der Waals surface area (Å²) in [6, 6.07) is 65.7. The Morgan fingerprint density at radius 3 is 1.39 bits per heavy atom. The molecule has 2 heteroatoms. The first-order chi connectivity index (χ1) is 26.8. The molecule has 0 unspecified atom stereocenters. The molecule has 0 aliphatic heterocycles. The molecule has 2 aromatic heterocycles. The van der Waals surface area contributed by atoms with Crippen LogP contribution in [0.5, 0.6) is 0 Å². The predicted octanol–water partition coefficient (Wildman–Crippen LogP) is 15.1. The van der Waals surface area contributed by atoms with Crippen LogP contribution in [0, 0.1) is 0 Å². The van der Waals surface area contributed by atoms with Gasteiger partial charge >= 0.3 is 0 Å². The van der Waals surface area contributed by atoms with E-state index in [4.69, 9.17) is 8.83 Å². The Morgan fingerprint density at radius 2 is 0.722 bits per heavy atom. The summed E-state index contributed by atoms with van der Waals surface area (Å²) in [6.45, 7) is 0. The minimum absolute atomic E-state index is 0.846. The van der Waals surface area contributed by atoms with Crippen molar-refractivity contribution in [3.63, 3.8) is 0 Å². The number of rotatable bonds is 3. The van der Waals surface area contributed by atoms with Gasteiger partial charge in [-0.05, 0) is 102 Å². The van der Waals surface area contributed by atoms with E-state index >= 15 is 0 Å². The Kier molecular flexibility index (Phi) is 6.09. The molecule has 0 saturated heterocycles. The minimum atomic E-state index is 0.846. The topological polar surface area (TPSA) is 26.3 Å². The molecule has 0 radical (unpaired) electrons. The summed E-state index contributed by atoms with van der Waals surface area (Å²) >= 11 is 0. The summed E-state index contributed by atoms with van der Waals surface area (Å²) < 4.78 is 13.4. The van der Waals surface area contributed by atoms with E-state index in [0.29, 0.717) is 0 Å². The summed E-state index contributed by atoms with van der Waals surface area (Å²) in [4.78, 5) is 0. The fourth-order valence-electron chi connectivity index (χ4n) is 8.93. The van der Waals surface area contributed by atoms with Crippen LogP contribution in [0.2, 0.25) is 0 Å². The molecule has 2 nitrogen and oxygen atoms in total. The van der Waals surface area contributed by atoms with Gasteiger partial charge in [0, 0.05) is 27.3 Å². The van der Waals surface area contributed by atoms with Crippen LogP contribution in [0.4, 0.5) is 0 Å². The molecule has 250 valence electrons. The molecule has 12 aromatic rings. The lowest BCUT2D eigenvalue weighted by atomic mass is 9.84. The molecule has 0 aliphatic rings. The molecule has 0 atom stereocenters. The molecule has 0 amide bonds. The SMILES string of the molecule is c1ccc2cc(-c3ccc4cc(-c5c6ccccc6c(-c6cc7c8ccccc8oc7c7c6oc6ccccc67)c6ccccc56)ccc4c3)ccc2c1. The zero-order valence-electron chi connectivity index (χ0n) is 29.1. The van der Waals surface area contributed by atoms with Gasteiger partial charge in [-0.2, -0.15) is 0 Å². The van der Waals surface area contributed by atoms with Gasteiger partial charge in [0.05, 0.1) is 5.39 Å². The van der Waals surface area contributed by atoms with E-state index in [2.05, 4.69) is 170 Å². The Balaban J connectivity index is 1.11. The van der Waals surface area contributed by atoms with E-state index in [9.17, 15) is 0 Å². The van der Waals surface area contributed by atoms with Gasteiger partial charge in [0.1, 0.15) is 22.3 Å². The summed E-state index contributed by atoms with van der Waals surface area (Å²) in [5.74, 6) is 0. The standard InChI is InChI=1S/C52H30O2/c1-2-12-32-27-33(22-21-31(32)11-1)34-23-24-36-29-37(26-25-35(36)28-34)48-39-14-3-5-16-41(39)49(42-17-6-4-15-40(42)48)45-30-44-38-13-7-9-19-46(38)53-51(44)50-43-18-8-10-20-47(43)54-52(45)50/h1-30H. The molecule has 0 aliphatic carbocycles. The number of hydrogen-bond donors (Lipinski definition) is 0. The highest BCUT2D eigenvalue weighted by Gasteiger charge is 2.24. The summed E-state index contributed by atoms with van der Waals surface area (Å²) in [5, 5.41) is 14.0. The lowest BCUT2D eigenvalue weighted by molar-refractivity contribution is 0.663. The van der Waals surface area contributed by atoms with Crippen LogP contribution >= 0.6 is 0 Å². The van der Waals surface area contributed by atoms with Crippen molar-refractivity contribution in [1.29, 1.82) is 0 Å². The van der Waals surface area contributed by atoms with Gasteiger partial charge in [0.2, 0.25) is 0 Å². The maximum Gasteiger partial charge on any atom is 0.147 e. The molecule has 0 spiro atoms. The van der Waals surface area contributed by atoms with Crippen molar-refractivity contribution in [2.24, 2.45) is 0 Å². The maximum absolute atomic E-state index is 6.81. The van der Waals surface area contributed by atoms with E-state index in [1.807, 2.05) is 12.1 Å². The summed E-state index contributed by atoms with van der Waals surface area (Å²) in [6.07, 6.45) is 0. The summed E-state index contributed by atoms with van der Waals surface area (Å²) in [7, 11) is 0. The molecule has 0 N–H and O–H groups in total. The van der Waals surface area contributed by atoms with Crippen LogP contribution in [0.1, 0.15) is 0 Å². The molecule has 0 saturated carbocycles. The third-order valence-electron chi connectivity index (χ3n) is 11.4. The minimum Gasteiger partial charge on any atom is -0.455 e. The largest absolute Gasteiger partial charge is 0.455 e. The van der Waals surface area contributed by atoms with Gasteiger partial charge in [0.25, 0.3) is 0 Å². The molecule has 0 bridgehead atoms. The van der Waals surface area contributed by atoms with E-state index in [-0.39, 0.29) is 0 Å². The van der Waals surface area contributed by atoms with Crippen LogP contribution in [0.15, 0.2) is 191 Å². The van der Waals surface area contributed by atoms with Gasteiger partial charge in [0.15, 0.2) is 0 Å². The van der Waals surface area contributed by atoms with Crippen LogP contribution in [-0.4, -0.2) is 0 Å². The second-order valence-electron chi connectivity index (χ2n) is 14.4. The van der Waals surface area contributed by atoms with E-state index < -0.39 is 0 Å². The highest BCUT2D eigenvalue weighted by molar-refractivity contribution is 6.29. The van der Waals surface area contributed by atoms with Crippen molar-refractivity contribution in [2.45, 2.75) is 0 Å². The van der Waals surface area contributed by atoms with Crippen LogP contribution in [0.25, 0.3) is 120 Å². The normalized spacial score (nSPS) is 12.1. The van der Waals surface area contributed by atoms with Crippen LogP contribution in [0.3, 0.4) is 0 Å². The van der Waals surface area contributed by atoms with E-state index in [0.717, 1.165) is 49.4 Å². The fourth-order valence-corrected chi connectivity index (χ4v) is 8.93. The second kappa shape index (κ2) is 11.2. The lowest BCUT2D eigenvalue weighted by Gasteiger charge is -2.18. The summed E-state index contributed by atoms with van der Waals surface area (Å²) in [5.41, 5.74) is 10.6.